The van der Waals surface area contributed by atoms with Crippen LogP contribution in [0.15, 0.2) is 54.7 Å². The molecule has 0 saturated heterocycles. The van der Waals surface area contributed by atoms with E-state index in [-0.39, 0.29) is 5.91 Å². The highest BCUT2D eigenvalue weighted by atomic mass is 35.5. The zero-order valence-corrected chi connectivity index (χ0v) is 14.1. The summed E-state index contributed by atoms with van der Waals surface area (Å²) in [5.74, 6) is -0.137. The van der Waals surface area contributed by atoms with Crippen LogP contribution in [-0.4, -0.2) is 22.6 Å². The Morgan fingerprint density at radius 1 is 1.17 bits per heavy atom. The molecule has 0 spiro atoms. The van der Waals surface area contributed by atoms with E-state index in [1.165, 1.54) is 11.1 Å². The van der Waals surface area contributed by atoms with Gasteiger partial charge in [-0.2, -0.15) is 5.10 Å². The number of aryl methyl sites for hydroxylation is 1. The van der Waals surface area contributed by atoms with E-state index in [0.717, 1.165) is 12.0 Å². The van der Waals surface area contributed by atoms with Gasteiger partial charge in [0.2, 0.25) is 0 Å². The number of aromatic nitrogens is 2. The second-order valence-electron chi connectivity index (χ2n) is 5.60. The van der Waals surface area contributed by atoms with Gasteiger partial charge < -0.3 is 5.32 Å². The molecule has 0 atom stereocenters. The molecule has 1 heterocycles. The van der Waals surface area contributed by atoms with Crippen molar-refractivity contribution < 1.29 is 4.79 Å². The van der Waals surface area contributed by atoms with Gasteiger partial charge in [0.05, 0.1) is 17.5 Å². The Morgan fingerprint density at radius 2 is 1.92 bits per heavy atom. The van der Waals surface area contributed by atoms with Gasteiger partial charge in [0.15, 0.2) is 0 Å². The molecule has 0 aliphatic heterocycles. The standard InChI is InChI=1S/C19H18ClN3O/c1-13-4-2-3-5-14(13)10-11-21-19(24)17-12-22-23-18(17)15-6-8-16(20)9-7-15/h2-9,12H,10-11H2,1H3,(H,21,24)(H,22,23). The third-order valence-corrected chi connectivity index (χ3v) is 4.21. The maximum atomic E-state index is 12.4. The average Bonchev–Trinajstić information content (AvgIpc) is 3.07. The Labute approximate surface area is 145 Å². The number of carbonyl (C=O) groups is 1. The lowest BCUT2D eigenvalue weighted by Crippen LogP contribution is -2.26. The molecule has 0 bridgehead atoms. The summed E-state index contributed by atoms with van der Waals surface area (Å²) in [5, 5.41) is 10.5. The number of aromatic amines is 1. The Kier molecular flexibility index (Phi) is 4.96. The van der Waals surface area contributed by atoms with Crippen LogP contribution in [0.2, 0.25) is 5.02 Å². The molecule has 0 fully saturated rings. The Morgan fingerprint density at radius 3 is 2.67 bits per heavy atom. The molecule has 0 aliphatic carbocycles. The molecule has 4 nitrogen and oxygen atoms in total. The van der Waals surface area contributed by atoms with E-state index in [1.807, 2.05) is 24.3 Å². The molecule has 122 valence electrons. The summed E-state index contributed by atoms with van der Waals surface area (Å²) >= 11 is 5.91. The molecule has 1 aromatic heterocycles. The van der Waals surface area contributed by atoms with E-state index >= 15 is 0 Å². The van der Waals surface area contributed by atoms with Crippen molar-refractivity contribution in [2.75, 3.05) is 6.54 Å². The van der Waals surface area contributed by atoms with Gasteiger partial charge in [-0.25, -0.2) is 0 Å². The number of amides is 1. The summed E-state index contributed by atoms with van der Waals surface area (Å²) in [4.78, 5) is 12.4. The molecular weight excluding hydrogens is 322 g/mol. The molecule has 24 heavy (non-hydrogen) atoms. The second kappa shape index (κ2) is 7.32. The number of nitrogens with one attached hydrogen (secondary N) is 2. The number of rotatable bonds is 5. The summed E-state index contributed by atoms with van der Waals surface area (Å²) in [6.45, 7) is 2.65. The van der Waals surface area contributed by atoms with Crippen molar-refractivity contribution in [1.29, 1.82) is 0 Å². The van der Waals surface area contributed by atoms with Crippen LogP contribution in [0.1, 0.15) is 21.5 Å². The number of hydrogen-bond donors (Lipinski definition) is 2. The van der Waals surface area contributed by atoms with Gasteiger partial charge in [-0.1, -0.05) is 48.0 Å². The fourth-order valence-corrected chi connectivity index (χ4v) is 2.72. The van der Waals surface area contributed by atoms with Crippen LogP contribution in [0, 0.1) is 6.92 Å². The molecule has 1 amide bonds. The maximum Gasteiger partial charge on any atom is 0.255 e. The van der Waals surface area contributed by atoms with Gasteiger partial charge in [0.25, 0.3) is 5.91 Å². The minimum Gasteiger partial charge on any atom is -0.352 e. The van der Waals surface area contributed by atoms with E-state index in [1.54, 1.807) is 18.3 Å². The van der Waals surface area contributed by atoms with E-state index < -0.39 is 0 Å². The fraction of sp³-hybridized carbons (Fsp3) is 0.158. The largest absolute Gasteiger partial charge is 0.352 e. The van der Waals surface area contributed by atoms with Gasteiger partial charge in [0, 0.05) is 17.1 Å². The number of halogens is 1. The number of carbonyl (C=O) groups excluding carboxylic acids is 1. The summed E-state index contributed by atoms with van der Waals surface area (Å²) in [6.07, 6.45) is 2.35. The summed E-state index contributed by atoms with van der Waals surface area (Å²) in [6, 6.07) is 15.5. The summed E-state index contributed by atoms with van der Waals surface area (Å²) < 4.78 is 0. The highest BCUT2D eigenvalue weighted by Gasteiger charge is 2.14. The third-order valence-electron chi connectivity index (χ3n) is 3.96. The Hall–Kier alpha value is -2.59. The van der Waals surface area contributed by atoms with Crippen molar-refractivity contribution in [2.24, 2.45) is 0 Å². The SMILES string of the molecule is Cc1ccccc1CCNC(=O)c1cn[nH]c1-c1ccc(Cl)cc1. The lowest BCUT2D eigenvalue weighted by atomic mass is 10.1. The number of hydrogen-bond acceptors (Lipinski definition) is 2. The van der Waals surface area contributed by atoms with Crippen LogP contribution in [0.5, 0.6) is 0 Å². The Bertz CT molecular complexity index is 840. The number of benzene rings is 2. The van der Waals surface area contributed by atoms with Crippen molar-refractivity contribution in [3.05, 3.63) is 76.4 Å². The lowest BCUT2D eigenvalue weighted by Gasteiger charge is -2.08. The molecule has 3 aromatic rings. The first-order chi connectivity index (χ1) is 11.6. The summed E-state index contributed by atoms with van der Waals surface area (Å²) in [7, 11) is 0. The van der Waals surface area contributed by atoms with Crippen molar-refractivity contribution in [3.63, 3.8) is 0 Å². The lowest BCUT2D eigenvalue weighted by molar-refractivity contribution is 0.0955. The van der Waals surface area contributed by atoms with Crippen LogP contribution in [0.4, 0.5) is 0 Å². The van der Waals surface area contributed by atoms with Crippen LogP contribution < -0.4 is 5.32 Å². The van der Waals surface area contributed by atoms with Gasteiger partial charge in [-0.15, -0.1) is 0 Å². The minimum absolute atomic E-state index is 0.137. The van der Waals surface area contributed by atoms with Crippen LogP contribution in [-0.2, 0) is 6.42 Å². The zero-order chi connectivity index (χ0) is 16.9. The molecule has 0 saturated carbocycles. The highest BCUT2D eigenvalue weighted by Crippen LogP contribution is 2.22. The molecule has 0 radical (unpaired) electrons. The van der Waals surface area contributed by atoms with E-state index in [0.29, 0.717) is 22.8 Å². The van der Waals surface area contributed by atoms with Crippen LogP contribution in [0.3, 0.4) is 0 Å². The number of nitrogens with zero attached hydrogens (tertiary/aromatic N) is 1. The fourth-order valence-electron chi connectivity index (χ4n) is 2.59. The van der Waals surface area contributed by atoms with Gasteiger partial charge in [0.1, 0.15) is 0 Å². The molecular formula is C19H18ClN3O. The first kappa shape index (κ1) is 16.3. The summed E-state index contributed by atoms with van der Waals surface area (Å²) in [5.41, 5.74) is 4.57. The molecule has 2 N–H and O–H groups in total. The van der Waals surface area contributed by atoms with Crippen molar-refractivity contribution in [1.82, 2.24) is 15.5 Å². The van der Waals surface area contributed by atoms with E-state index in [2.05, 4.69) is 34.6 Å². The van der Waals surface area contributed by atoms with Gasteiger partial charge in [-0.05, 0) is 36.6 Å². The molecule has 0 aliphatic rings. The molecule has 2 aromatic carbocycles. The zero-order valence-electron chi connectivity index (χ0n) is 13.3. The average molecular weight is 340 g/mol. The first-order valence-corrected chi connectivity index (χ1v) is 8.15. The van der Waals surface area contributed by atoms with E-state index in [9.17, 15) is 4.79 Å². The van der Waals surface area contributed by atoms with Crippen LogP contribution in [0.25, 0.3) is 11.3 Å². The maximum absolute atomic E-state index is 12.4. The molecule has 0 unspecified atom stereocenters. The topological polar surface area (TPSA) is 57.8 Å². The normalized spacial score (nSPS) is 10.6. The number of H-pyrrole nitrogens is 1. The highest BCUT2D eigenvalue weighted by molar-refractivity contribution is 6.30. The third kappa shape index (κ3) is 3.66. The van der Waals surface area contributed by atoms with Crippen molar-refractivity contribution in [3.8, 4) is 11.3 Å². The first-order valence-electron chi connectivity index (χ1n) is 7.77. The van der Waals surface area contributed by atoms with Crippen molar-refractivity contribution >= 4 is 17.5 Å². The van der Waals surface area contributed by atoms with E-state index in [4.69, 9.17) is 11.6 Å². The van der Waals surface area contributed by atoms with Gasteiger partial charge in [-0.3, -0.25) is 9.89 Å². The molecule has 3 rings (SSSR count). The van der Waals surface area contributed by atoms with Crippen molar-refractivity contribution in [2.45, 2.75) is 13.3 Å². The monoisotopic (exact) mass is 339 g/mol. The van der Waals surface area contributed by atoms with Crippen LogP contribution >= 0.6 is 11.6 Å². The minimum atomic E-state index is -0.137. The Balaban J connectivity index is 1.67. The predicted molar refractivity (Wildman–Crippen MR) is 96.2 cm³/mol. The molecule has 5 heteroatoms. The second-order valence-corrected chi connectivity index (χ2v) is 6.03. The quantitative estimate of drug-likeness (QED) is 0.737. The van der Waals surface area contributed by atoms with Gasteiger partial charge >= 0.3 is 0 Å². The smallest absolute Gasteiger partial charge is 0.255 e. The predicted octanol–water partition coefficient (Wildman–Crippen LogP) is 4.01.